The Balaban J connectivity index is 1.88. The van der Waals surface area contributed by atoms with E-state index in [-0.39, 0.29) is 18.3 Å². The third-order valence-corrected chi connectivity index (χ3v) is 6.97. The van der Waals surface area contributed by atoms with Gasteiger partial charge in [-0.2, -0.15) is 0 Å². The van der Waals surface area contributed by atoms with Crippen molar-refractivity contribution in [1.82, 2.24) is 4.40 Å². The molecule has 0 amide bonds. The molecule has 7 nitrogen and oxygen atoms in total. The number of hydrogen-bond acceptors (Lipinski definition) is 6. The first-order chi connectivity index (χ1) is 20.6. The molecule has 0 saturated carbocycles. The van der Waals surface area contributed by atoms with Crippen LogP contribution in [0.15, 0.2) is 72.9 Å². The molecular formula is C36H39NO6. The molecule has 0 spiro atoms. The highest BCUT2D eigenvalue weighted by Crippen LogP contribution is 2.45. The van der Waals surface area contributed by atoms with Crippen LogP contribution in [0.5, 0.6) is 23.0 Å². The van der Waals surface area contributed by atoms with Gasteiger partial charge in [-0.25, -0.2) is 4.79 Å². The maximum atomic E-state index is 13.6. The number of carbonyl (C=O) groups excluding carboxylic acids is 1. The molecule has 2 aromatic heterocycles. The SMILES string of the molecule is COC(=O)c1c(-c2ccc(OC(C)C)cc2)c(-c2ccc(OC(C)C)cc2)c2c3cc(OC)c(OC(C)C)cc3ccn12. The minimum Gasteiger partial charge on any atom is -0.493 e. The topological polar surface area (TPSA) is 67.6 Å². The van der Waals surface area contributed by atoms with Gasteiger partial charge in [-0.1, -0.05) is 24.3 Å². The lowest BCUT2D eigenvalue weighted by Crippen LogP contribution is -2.08. The van der Waals surface area contributed by atoms with Crippen molar-refractivity contribution in [3.63, 3.8) is 0 Å². The van der Waals surface area contributed by atoms with Gasteiger partial charge in [0.25, 0.3) is 0 Å². The minimum absolute atomic E-state index is 0.0225. The molecule has 0 atom stereocenters. The minimum atomic E-state index is -0.440. The summed E-state index contributed by atoms with van der Waals surface area (Å²) in [6.45, 7) is 11.9. The molecule has 5 aromatic rings. The Morgan fingerprint density at radius 2 is 1.19 bits per heavy atom. The zero-order chi connectivity index (χ0) is 30.8. The largest absolute Gasteiger partial charge is 0.493 e. The fourth-order valence-corrected chi connectivity index (χ4v) is 5.39. The zero-order valence-electron chi connectivity index (χ0n) is 26.1. The number of hydrogen-bond donors (Lipinski definition) is 0. The van der Waals surface area contributed by atoms with E-state index in [4.69, 9.17) is 23.7 Å². The van der Waals surface area contributed by atoms with Crippen molar-refractivity contribution >= 4 is 22.3 Å². The lowest BCUT2D eigenvalue weighted by molar-refractivity contribution is 0.0594. The van der Waals surface area contributed by atoms with Crippen LogP contribution < -0.4 is 18.9 Å². The maximum absolute atomic E-state index is 13.6. The molecule has 43 heavy (non-hydrogen) atoms. The summed E-state index contributed by atoms with van der Waals surface area (Å²) in [6.07, 6.45) is 1.98. The molecule has 0 radical (unpaired) electrons. The second-order valence-electron chi connectivity index (χ2n) is 11.3. The lowest BCUT2D eigenvalue weighted by atomic mass is 9.94. The average Bonchev–Trinajstić information content (AvgIpc) is 3.32. The summed E-state index contributed by atoms with van der Waals surface area (Å²) >= 11 is 0. The molecule has 0 fully saturated rings. The van der Waals surface area contributed by atoms with Crippen molar-refractivity contribution in [1.29, 1.82) is 0 Å². The fourth-order valence-electron chi connectivity index (χ4n) is 5.39. The molecular weight excluding hydrogens is 542 g/mol. The van der Waals surface area contributed by atoms with Gasteiger partial charge in [-0.3, -0.25) is 0 Å². The molecule has 0 aliphatic heterocycles. The quantitative estimate of drug-likeness (QED) is 0.154. The van der Waals surface area contributed by atoms with E-state index >= 15 is 0 Å². The number of ether oxygens (including phenoxy) is 5. The summed E-state index contributed by atoms with van der Waals surface area (Å²) in [5.74, 6) is 2.36. The van der Waals surface area contributed by atoms with Crippen LogP contribution in [0.3, 0.4) is 0 Å². The summed E-state index contributed by atoms with van der Waals surface area (Å²) in [4.78, 5) is 13.6. The molecule has 0 bridgehead atoms. The van der Waals surface area contributed by atoms with E-state index in [1.165, 1.54) is 7.11 Å². The molecule has 7 heteroatoms. The first kappa shape index (κ1) is 29.8. The molecule has 0 aliphatic carbocycles. The Hall–Kier alpha value is -4.65. The van der Waals surface area contributed by atoms with E-state index < -0.39 is 5.97 Å². The standard InChI is InChI=1S/C36H39NO6/c1-21(2)41-27-13-9-24(10-14-27)32-33(25-11-15-28(16-12-25)42-22(3)4)35(36(38)40-8)37-18-17-26-19-31(43-23(5)6)30(39-7)20-29(26)34(32)37/h9-23H,1-8H3. The van der Waals surface area contributed by atoms with Crippen LogP contribution in [0.2, 0.25) is 0 Å². The molecule has 0 unspecified atom stereocenters. The maximum Gasteiger partial charge on any atom is 0.355 e. The molecule has 3 aromatic carbocycles. The van der Waals surface area contributed by atoms with E-state index in [1.54, 1.807) is 7.11 Å². The Labute approximate surface area is 252 Å². The monoisotopic (exact) mass is 581 g/mol. The van der Waals surface area contributed by atoms with Gasteiger partial charge in [0.1, 0.15) is 17.2 Å². The van der Waals surface area contributed by atoms with E-state index in [2.05, 4.69) is 0 Å². The number of fused-ring (bicyclic) bond motifs is 3. The lowest BCUT2D eigenvalue weighted by Gasteiger charge is -2.16. The van der Waals surface area contributed by atoms with Crippen molar-refractivity contribution < 1.29 is 28.5 Å². The highest BCUT2D eigenvalue weighted by Gasteiger charge is 2.28. The number of methoxy groups -OCH3 is 2. The van der Waals surface area contributed by atoms with Crippen molar-refractivity contribution in [3.05, 3.63) is 78.6 Å². The highest BCUT2D eigenvalue weighted by atomic mass is 16.5. The fraction of sp³-hybridized carbons (Fsp3) is 0.306. The molecule has 224 valence electrons. The second-order valence-corrected chi connectivity index (χ2v) is 11.3. The summed E-state index contributed by atoms with van der Waals surface area (Å²) in [6, 6.07) is 21.7. The predicted molar refractivity (Wildman–Crippen MR) is 171 cm³/mol. The number of pyridine rings is 1. The highest BCUT2D eigenvalue weighted by molar-refractivity contribution is 6.14. The molecule has 0 saturated heterocycles. The summed E-state index contributed by atoms with van der Waals surface area (Å²) in [5, 5.41) is 1.86. The van der Waals surface area contributed by atoms with E-state index in [1.807, 2.05) is 119 Å². The number of carbonyl (C=O) groups is 1. The number of rotatable bonds is 10. The van der Waals surface area contributed by atoms with Crippen LogP contribution in [-0.4, -0.2) is 42.9 Å². The van der Waals surface area contributed by atoms with Crippen molar-refractivity contribution in [2.75, 3.05) is 14.2 Å². The van der Waals surface area contributed by atoms with Gasteiger partial charge in [-0.05, 0) is 101 Å². The number of esters is 1. The van der Waals surface area contributed by atoms with Crippen LogP contribution >= 0.6 is 0 Å². The Morgan fingerprint density at radius 1 is 0.651 bits per heavy atom. The molecule has 2 heterocycles. The van der Waals surface area contributed by atoms with Crippen molar-refractivity contribution in [3.8, 4) is 45.3 Å². The van der Waals surface area contributed by atoms with Gasteiger partial charge in [0.05, 0.1) is 38.0 Å². The third kappa shape index (κ3) is 5.98. The van der Waals surface area contributed by atoms with Crippen molar-refractivity contribution in [2.24, 2.45) is 0 Å². The van der Waals surface area contributed by atoms with E-state index in [0.717, 1.165) is 50.0 Å². The summed E-state index contributed by atoms with van der Waals surface area (Å²) in [7, 11) is 3.04. The summed E-state index contributed by atoms with van der Waals surface area (Å²) < 4.78 is 31.0. The van der Waals surface area contributed by atoms with Gasteiger partial charge in [-0.15, -0.1) is 0 Å². The van der Waals surface area contributed by atoms with Crippen LogP contribution in [0, 0.1) is 0 Å². The Bertz CT molecular complexity index is 1750. The number of aromatic nitrogens is 1. The normalized spacial score (nSPS) is 11.5. The second kappa shape index (κ2) is 12.3. The van der Waals surface area contributed by atoms with E-state index in [0.29, 0.717) is 17.2 Å². The van der Waals surface area contributed by atoms with Gasteiger partial charge in [0, 0.05) is 22.7 Å². The third-order valence-electron chi connectivity index (χ3n) is 6.97. The van der Waals surface area contributed by atoms with Gasteiger partial charge >= 0.3 is 5.97 Å². The predicted octanol–water partition coefficient (Wildman–Crippen LogP) is 8.58. The Kier molecular flexibility index (Phi) is 8.53. The first-order valence-electron chi connectivity index (χ1n) is 14.6. The van der Waals surface area contributed by atoms with Crippen LogP contribution in [-0.2, 0) is 4.74 Å². The Morgan fingerprint density at radius 3 is 1.67 bits per heavy atom. The number of nitrogens with zero attached hydrogens (tertiary/aromatic N) is 1. The number of benzene rings is 3. The van der Waals surface area contributed by atoms with Gasteiger partial charge < -0.3 is 28.1 Å². The van der Waals surface area contributed by atoms with Crippen LogP contribution in [0.1, 0.15) is 52.0 Å². The van der Waals surface area contributed by atoms with Gasteiger partial charge in [0.15, 0.2) is 11.5 Å². The van der Waals surface area contributed by atoms with Crippen molar-refractivity contribution in [2.45, 2.75) is 59.9 Å². The molecule has 0 aliphatic rings. The zero-order valence-corrected chi connectivity index (χ0v) is 26.1. The summed E-state index contributed by atoms with van der Waals surface area (Å²) in [5.41, 5.74) is 4.71. The van der Waals surface area contributed by atoms with Gasteiger partial charge in [0.2, 0.25) is 0 Å². The molecule has 5 rings (SSSR count). The van der Waals surface area contributed by atoms with Crippen LogP contribution in [0.4, 0.5) is 0 Å². The molecule has 0 N–H and O–H groups in total. The smallest absolute Gasteiger partial charge is 0.355 e. The van der Waals surface area contributed by atoms with E-state index in [9.17, 15) is 4.79 Å². The van der Waals surface area contributed by atoms with Crippen LogP contribution in [0.25, 0.3) is 38.5 Å². The average molecular weight is 582 g/mol. The first-order valence-corrected chi connectivity index (χ1v) is 14.6.